The first kappa shape index (κ1) is 17.4. The molecule has 0 radical (unpaired) electrons. The molecule has 2 saturated heterocycles. The zero-order valence-corrected chi connectivity index (χ0v) is 15.5. The molecule has 3 fully saturated rings. The quantitative estimate of drug-likeness (QED) is 0.611. The van der Waals surface area contributed by atoms with E-state index in [0.29, 0.717) is 6.04 Å². The summed E-state index contributed by atoms with van der Waals surface area (Å²) in [5, 5.41) is 7.23. The number of aliphatic imine (C=N–C) groups is 1. The van der Waals surface area contributed by atoms with E-state index in [9.17, 15) is 0 Å². The van der Waals surface area contributed by atoms with Gasteiger partial charge in [0.2, 0.25) is 0 Å². The van der Waals surface area contributed by atoms with Crippen molar-refractivity contribution in [2.75, 3.05) is 38.2 Å². The smallest absolute Gasteiger partial charge is 0.191 e. The Hall–Kier alpha value is -0.420. The zero-order chi connectivity index (χ0) is 15.9. The molecule has 3 aliphatic rings. The average Bonchev–Trinajstić information content (AvgIpc) is 3.14. The second kappa shape index (κ2) is 9.16. The number of hydrogen-bond acceptors (Lipinski definition) is 3. The van der Waals surface area contributed by atoms with Crippen LogP contribution in [0.5, 0.6) is 0 Å². The van der Waals surface area contributed by atoms with Crippen molar-refractivity contribution in [2.24, 2.45) is 10.9 Å². The number of likely N-dealkylation sites (tertiary alicyclic amines) is 1. The normalized spacial score (nSPS) is 26.6. The Balaban J connectivity index is 1.36. The van der Waals surface area contributed by atoms with Gasteiger partial charge in [-0.25, -0.2) is 0 Å². The van der Waals surface area contributed by atoms with Crippen molar-refractivity contribution in [1.29, 1.82) is 0 Å². The predicted molar refractivity (Wildman–Crippen MR) is 101 cm³/mol. The van der Waals surface area contributed by atoms with Gasteiger partial charge < -0.3 is 15.5 Å². The third-order valence-electron chi connectivity index (χ3n) is 5.83. The van der Waals surface area contributed by atoms with Crippen molar-refractivity contribution < 1.29 is 0 Å². The van der Waals surface area contributed by atoms with E-state index in [4.69, 9.17) is 0 Å². The fourth-order valence-corrected chi connectivity index (χ4v) is 5.46. The van der Waals surface area contributed by atoms with Crippen LogP contribution in [0.2, 0.25) is 0 Å². The minimum atomic E-state index is 0.598. The zero-order valence-electron chi connectivity index (χ0n) is 14.7. The molecular weight excluding hydrogens is 304 g/mol. The summed E-state index contributed by atoms with van der Waals surface area (Å²) >= 11 is 2.10. The van der Waals surface area contributed by atoms with E-state index in [0.717, 1.165) is 24.5 Å². The van der Waals surface area contributed by atoms with Crippen molar-refractivity contribution in [3.63, 3.8) is 0 Å². The number of guanidine groups is 1. The Kier molecular flexibility index (Phi) is 6.94. The standard InChI is InChI=1S/C18H34N4S/c1-19-18(20-14-15-8-12-23-13-9-15)21-16-6-10-22(11-7-16)17-4-2-3-5-17/h15-17H,2-14H2,1H3,(H2,19,20,21). The van der Waals surface area contributed by atoms with Crippen LogP contribution in [-0.2, 0) is 0 Å². The van der Waals surface area contributed by atoms with Crippen molar-refractivity contribution in [2.45, 2.75) is 63.5 Å². The minimum absolute atomic E-state index is 0.598. The Morgan fingerprint density at radius 2 is 1.74 bits per heavy atom. The lowest BCUT2D eigenvalue weighted by Crippen LogP contribution is -2.50. The maximum atomic E-state index is 4.44. The molecule has 23 heavy (non-hydrogen) atoms. The van der Waals surface area contributed by atoms with E-state index in [2.05, 4.69) is 32.3 Å². The van der Waals surface area contributed by atoms with Crippen LogP contribution in [-0.4, -0.2) is 61.1 Å². The summed E-state index contributed by atoms with van der Waals surface area (Å²) in [7, 11) is 1.90. The Labute approximate surface area is 146 Å². The molecule has 0 unspecified atom stereocenters. The summed E-state index contributed by atoms with van der Waals surface area (Å²) in [5.74, 6) is 4.51. The second-order valence-electron chi connectivity index (χ2n) is 7.40. The highest BCUT2D eigenvalue weighted by Gasteiger charge is 2.27. The first-order chi connectivity index (χ1) is 11.3. The van der Waals surface area contributed by atoms with Gasteiger partial charge in [0.25, 0.3) is 0 Å². The summed E-state index contributed by atoms with van der Waals surface area (Å²) in [6.07, 6.45) is 11.0. The number of nitrogens with zero attached hydrogens (tertiary/aromatic N) is 2. The third kappa shape index (κ3) is 5.28. The lowest BCUT2D eigenvalue weighted by atomic mass is 10.0. The molecule has 5 heteroatoms. The van der Waals surface area contributed by atoms with Crippen LogP contribution in [0.4, 0.5) is 0 Å². The molecule has 2 heterocycles. The van der Waals surface area contributed by atoms with Gasteiger partial charge in [-0.15, -0.1) is 0 Å². The van der Waals surface area contributed by atoms with Gasteiger partial charge in [0.1, 0.15) is 0 Å². The van der Waals surface area contributed by atoms with Gasteiger partial charge in [0.15, 0.2) is 5.96 Å². The maximum Gasteiger partial charge on any atom is 0.191 e. The molecule has 2 N–H and O–H groups in total. The fourth-order valence-electron chi connectivity index (χ4n) is 4.26. The largest absolute Gasteiger partial charge is 0.356 e. The molecular formula is C18H34N4S. The number of piperidine rings is 1. The first-order valence-corrected chi connectivity index (χ1v) is 10.8. The molecule has 1 saturated carbocycles. The van der Waals surface area contributed by atoms with E-state index in [1.54, 1.807) is 0 Å². The number of rotatable bonds is 4. The molecule has 3 rings (SSSR count). The van der Waals surface area contributed by atoms with Gasteiger partial charge in [0, 0.05) is 38.8 Å². The molecule has 132 valence electrons. The lowest BCUT2D eigenvalue weighted by molar-refractivity contribution is 0.150. The minimum Gasteiger partial charge on any atom is -0.356 e. The summed E-state index contributed by atoms with van der Waals surface area (Å²) in [5.41, 5.74) is 0. The summed E-state index contributed by atoms with van der Waals surface area (Å²) in [4.78, 5) is 7.18. The van der Waals surface area contributed by atoms with Crippen LogP contribution in [0.15, 0.2) is 4.99 Å². The van der Waals surface area contributed by atoms with E-state index in [1.807, 2.05) is 7.05 Å². The highest BCUT2D eigenvalue weighted by Crippen LogP contribution is 2.26. The van der Waals surface area contributed by atoms with Crippen LogP contribution >= 0.6 is 11.8 Å². The van der Waals surface area contributed by atoms with Crippen LogP contribution in [0.3, 0.4) is 0 Å². The van der Waals surface area contributed by atoms with E-state index in [1.165, 1.54) is 76.0 Å². The van der Waals surface area contributed by atoms with Crippen molar-refractivity contribution in [3.8, 4) is 0 Å². The van der Waals surface area contributed by atoms with Gasteiger partial charge in [-0.05, 0) is 55.9 Å². The number of nitrogens with one attached hydrogen (secondary N) is 2. The first-order valence-electron chi connectivity index (χ1n) is 9.64. The Morgan fingerprint density at radius 3 is 2.39 bits per heavy atom. The van der Waals surface area contributed by atoms with Gasteiger partial charge in [-0.2, -0.15) is 11.8 Å². The molecule has 2 aliphatic heterocycles. The molecule has 0 aromatic heterocycles. The second-order valence-corrected chi connectivity index (χ2v) is 8.63. The molecule has 0 spiro atoms. The summed E-state index contributed by atoms with van der Waals surface area (Å²) in [6.45, 7) is 3.61. The molecule has 0 aromatic carbocycles. The Morgan fingerprint density at radius 1 is 1.04 bits per heavy atom. The molecule has 0 atom stereocenters. The monoisotopic (exact) mass is 338 g/mol. The average molecular weight is 339 g/mol. The third-order valence-corrected chi connectivity index (χ3v) is 6.88. The van der Waals surface area contributed by atoms with Gasteiger partial charge >= 0.3 is 0 Å². The highest BCUT2D eigenvalue weighted by molar-refractivity contribution is 7.99. The van der Waals surface area contributed by atoms with Crippen LogP contribution in [0.1, 0.15) is 51.4 Å². The van der Waals surface area contributed by atoms with Gasteiger partial charge in [-0.3, -0.25) is 4.99 Å². The topological polar surface area (TPSA) is 39.7 Å². The van der Waals surface area contributed by atoms with E-state index in [-0.39, 0.29) is 0 Å². The van der Waals surface area contributed by atoms with E-state index < -0.39 is 0 Å². The lowest BCUT2D eigenvalue weighted by Gasteiger charge is -2.36. The van der Waals surface area contributed by atoms with Crippen molar-refractivity contribution in [1.82, 2.24) is 15.5 Å². The summed E-state index contributed by atoms with van der Waals surface area (Å²) in [6, 6.07) is 1.48. The highest BCUT2D eigenvalue weighted by atomic mass is 32.2. The van der Waals surface area contributed by atoms with Gasteiger partial charge in [-0.1, -0.05) is 12.8 Å². The molecule has 1 aliphatic carbocycles. The SMILES string of the molecule is CN=C(NCC1CCSCC1)NC1CCN(C2CCCC2)CC1. The molecule has 0 aromatic rings. The summed E-state index contributed by atoms with van der Waals surface area (Å²) < 4.78 is 0. The Bertz CT molecular complexity index is 367. The van der Waals surface area contributed by atoms with Crippen molar-refractivity contribution >= 4 is 17.7 Å². The van der Waals surface area contributed by atoms with Crippen LogP contribution in [0, 0.1) is 5.92 Å². The fraction of sp³-hybridized carbons (Fsp3) is 0.944. The van der Waals surface area contributed by atoms with Crippen LogP contribution in [0.25, 0.3) is 0 Å². The molecule has 0 amide bonds. The van der Waals surface area contributed by atoms with Crippen molar-refractivity contribution in [3.05, 3.63) is 0 Å². The number of hydrogen-bond donors (Lipinski definition) is 2. The molecule has 0 bridgehead atoms. The maximum absolute atomic E-state index is 4.44. The van der Waals surface area contributed by atoms with Crippen LogP contribution < -0.4 is 10.6 Å². The van der Waals surface area contributed by atoms with E-state index >= 15 is 0 Å². The molecule has 4 nitrogen and oxygen atoms in total. The predicted octanol–water partition coefficient (Wildman–Crippen LogP) is 2.70. The van der Waals surface area contributed by atoms with Gasteiger partial charge in [0.05, 0.1) is 0 Å². The number of thioether (sulfide) groups is 1.